The molecule has 1 aliphatic heterocycles. The molecule has 3 heterocycles. The molecule has 4 rings (SSSR count). The predicted octanol–water partition coefficient (Wildman–Crippen LogP) is 3.40. The van der Waals surface area contributed by atoms with E-state index < -0.39 is 0 Å². The van der Waals surface area contributed by atoms with Crippen LogP contribution in [0.1, 0.15) is 12.8 Å². The SMILES string of the molecule is O=C(Cn1cnc2cc(-c3ccc(Cl)cc3)sc2c1=O)N1CCCC1. The van der Waals surface area contributed by atoms with Gasteiger partial charge < -0.3 is 4.90 Å². The number of amides is 1. The van der Waals surface area contributed by atoms with Gasteiger partial charge in [-0.3, -0.25) is 14.2 Å². The number of carbonyl (C=O) groups is 1. The molecule has 0 spiro atoms. The zero-order valence-corrected chi connectivity index (χ0v) is 15.0. The summed E-state index contributed by atoms with van der Waals surface area (Å²) in [6.07, 6.45) is 3.54. The van der Waals surface area contributed by atoms with Crippen molar-refractivity contribution in [1.29, 1.82) is 0 Å². The summed E-state index contributed by atoms with van der Waals surface area (Å²) < 4.78 is 1.98. The van der Waals surface area contributed by atoms with Crippen LogP contribution in [0.4, 0.5) is 0 Å². The predicted molar refractivity (Wildman–Crippen MR) is 100 cm³/mol. The third kappa shape index (κ3) is 3.19. The zero-order chi connectivity index (χ0) is 17.4. The molecule has 2 aromatic heterocycles. The average Bonchev–Trinajstić information content (AvgIpc) is 3.28. The van der Waals surface area contributed by atoms with Gasteiger partial charge in [-0.15, -0.1) is 11.3 Å². The molecular formula is C18H16ClN3O2S. The highest BCUT2D eigenvalue weighted by Gasteiger charge is 2.19. The van der Waals surface area contributed by atoms with Crippen molar-refractivity contribution in [2.75, 3.05) is 13.1 Å². The van der Waals surface area contributed by atoms with Gasteiger partial charge in [-0.25, -0.2) is 4.98 Å². The lowest BCUT2D eigenvalue weighted by Crippen LogP contribution is -2.34. The fourth-order valence-electron chi connectivity index (χ4n) is 3.03. The van der Waals surface area contributed by atoms with Gasteiger partial charge in [-0.05, 0) is 36.6 Å². The molecule has 25 heavy (non-hydrogen) atoms. The van der Waals surface area contributed by atoms with E-state index in [1.54, 1.807) is 0 Å². The number of fused-ring (bicyclic) bond motifs is 1. The summed E-state index contributed by atoms with van der Waals surface area (Å²) in [6.45, 7) is 1.61. The Hall–Kier alpha value is -2.18. The van der Waals surface area contributed by atoms with Crippen LogP contribution in [0, 0.1) is 0 Å². The molecule has 0 aliphatic carbocycles. The first-order chi connectivity index (χ1) is 12.1. The standard InChI is InChI=1S/C18H16ClN3O2S/c19-13-5-3-12(4-6-13)15-9-14-17(25-15)18(24)22(11-20-14)10-16(23)21-7-1-2-8-21/h3-6,9,11H,1-2,7-8,10H2. The van der Waals surface area contributed by atoms with Crippen molar-refractivity contribution in [3.05, 3.63) is 52.0 Å². The first-order valence-electron chi connectivity index (χ1n) is 8.14. The molecule has 0 N–H and O–H groups in total. The van der Waals surface area contributed by atoms with Crippen molar-refractivity contribution in [1.82, 2.24) is 14.5 Å². The Bertz CT molecular complexity index is 988. The Kier molecular flexibility index (Phi) is 4.31. The zero-order valence-electron chi connectivity index (χ0n) is 13.4. The highest BCUT2D eigenvalue weighted by Crippen LogP contribution is 2.31. The molecule has 0 bridgehead atoms. The summed E-state index contributed by atoms with van der Waals surface area (Å²) in [4.78, 5) is 32.1. The van der Waals surface area contributed by atoms with Gasteiger partial charge in [0.1, 0.15) is 11.2 Å². The molecular weight excluding hydrogens is 358 g/mol. The number of thiophene rings is 1. The van der Waals surface area contributed by atoms with Crippen molar-refractivity contribution in [2.45, 2.75) is 19.4 Å². The van der Waals surface area contributed by atoms with E-state index in [-0.39, 0.29) is 18.0 Å². The summed E-state index contributed by atoms with van der Waals surface area (Å²) >= 11 is 7.32. The first-order valence-corrected chi connectivity index (χ1v) is 9.34. The number of halogens is 1. The molecule has 0 unspecified atom stereocenters. The minimum absolute atomic E-state index is 0.0183. The maximum Gasteiger partial charge on any atom is 0.271 e. The van der Waals surface area contributed by atoms with Crippen molar-refractivity contribution >= 4 is 39.1 Å². The first kappa shape index (κ1) is 16.3. The van der Waals surface area contributed by atoms with Gasteiger partial charge in [0.05, 0.1) is 11.8 Å². The topological polar surface area (TPSA) is 55.2 Å². The van der Waals surface area contributed by atoms with E-state index >= 15 is 0 Å². The van der Waals surface area contributed by atoms with Crippen LogP contribution >= 0.6 is 22.9 Å². The van der Waals surface area contributed by atoms with E-state index in [2.05, 4.69) is 4.98 Å². The molecule has 1 amide bonds. The van der Waals surface area contributed by atoms with Crippen LogP contribution < -0.4 is 5.56 Å². The maximum absolute atomic E-state index is 12.7. The lowest BCUT2D eigenvalue weighted by atomic mass is 10.2. The van der Waals surface area contributed by atoms with Crippen LogP contribution in [-0.2, 0) is 11.3 Å². The van der Waals surface area contributed by atoms with E-state index in [0.29, 0.717) is 15.2 Å². The lowest BCUT2D eigenvalue weighted by Gasteiger charge is -2.15. The molecule has 128 valence electrons. The van der Waals surface area contributed by atoms with Crippen LogP contribution in [0.2, 0.25) is 5.02 Å². The van der Waals surface area contributed by atoms with Crippen LogP contribution in [0.3, 0.4) is 0 Å². The molecule has 0 atom stereocenters. The summed E-state index contributed by atoms with van der Waals surface area (Å²) in [6, 6.07) is 9.38. The maximum atomic E-state index is 12.7. The van der Waals surface area contributed by atoms with Gasteiger partial charge in [-0.2, -0.15) is 0 Å². The summed E-state index contributed by atoms with van der Waals surface area (Å²) in [5.74, 6) is -0.0183. The van der Waals surface area contributed by atoms with Crippen molar-refractivity contribution in [3.63, 3.8) is 0 Å². The number of nitrogens with zero attached hydrogens (tertiary/aromatic N) is 3. The Morgan fingerprint density at radius 2 is 1.92 bits per heavy atom. The molecule has 3 aromatic rings. The number of hydrogen-bond acceptors (Lipinski definition) is 4. The number of likely N-dealkylation sites (tertiary alicyclic amines) is 1. The number of rotatable bonds is 3. The van der Waals surface area contributed by atoms with Crippen molar-refractivity contribution in [3.8, 4) is 10.4 Å². The summed E-state index contributed by atoms with van der Waals surface area (Å²) in [5.41, 5.74) is 1.49. The Labute approximate surface area is 153 Å². The molecule has 1 aliphatic rings. The summed E-state index contributed by atoms with van der Waals surface area (Å²) in [7, 11) is 0. The third-order valence-electron chi connectivity index (χ3n) is 4.40. The Balaban J connectivity index is 1.66. The monoisotopic (exact) mass is 373 g/mol. The highest BCUT2D eigenvalue weighted by atomic mass is 35.5. The van der Waals surface area contributed by atoms with Crippen LogP contribution in [0.25, 0.3) is 20.7 Å². The van der Waals surface area contributed by atoms with Crippen LogP contribution in [-0.4, -0.2) is 33.4 Å². The number of hydrogen-bond donors (Lipinski definition) is 0. The number of carbonyl (C=O) groups excluding carboxylic acids is 1. The molecule has 0 radical (unpaired) electrons. The molecule has 1 aromatic carbocycles. The van der Waals surface area contributed by atoms with Gasteiger partial charge in [-0.1, -0.05) is 23.7 Å². The second kappa shape index (κ2) is 6.61. The Morgan fingerprint density at radius 3 is 2.64 bits per heavy atom. The molecule has 0 saturated carbocycles. The molecule has 5 nitrogen and oxygen atoms in total. The summed E-state index contributed by atoms with van der Waals surface area (Å²) in [5, 5.41) is 0.672. The largest absolute Gasteiger partial charge is 0.341 e. The van der Waals surface area contributed by atoms with Crippen molar-refractivity contribution in [2.24, 2.45) is 0 Å². The van der Waals surface area contributed by atoms with E-state index in [1.807, 2.05) is 35.2 Å². The fraction of sp³-hybridized carbons (Fsp3) is 0.278. The van der Waals surface area contributed by atoms with Crippen molar-refractivity contribution < 1.29 is 4.79 Å². The molecule has 1 saturated heterocycles. The minimum Gasteiger partial charge on any atom is -0.341 e. The van der Waals surface area contributed by atoms with Gasteiger partial charge in [0, 0.05) is 23.0 Å². The second-order valence-electron chi connectivity index (χ2n) is 6.10. The second-order valence-corrected chi connectivity index (χ2v) is 7.59. The fourth-order valence-corrected chi connectivity index (χ4v) is 4.22. The van der Waals surface area contributed by atoms with E-state index in [1.165, 1.54) is 22.2 Å². The van der Waals surface area contributed by atoms with E-state index in [9.17, 15) is 9.59 Å². The quantitative estimate of drug-likeness (QED) is 0.707. The molecule has 7 heteroatoms. The Morgan fingerprint density at radius 1 is 1.20 bits per heavy atom. The van der Waals surface area contributed by atoms with Gasteiger partial charge in [0.25, 0.3) is 5.56 Å². The molecule has 1 fully saturated rings. The van der Waals surface area contributed by atoms with Gasteiger partial charge in [0.15, 0.2) is 0 Å². The van der Waals surface area contributed by atoms with Gasteiger partial charge in [0.2, 0.25) is 5.91 Å². The van der Waals surface area contributed by atoms with E-state index in [4.69, 9.17) is 11.6 Å². The number of benzene rings is 1. The third-order valence-corrected chi connectivity index (χ3v) is 5.81. The minimum atomic E-state index is -0.164. The lowest BCUT2D eigenvalue weighted by molar-refractivity contribution is -0.130. The van der Waals surface area contributed by atoms with Gasteiger partial charge >= 0.3 is 0 Å². The van der Waals surface area contributed by atoms with E-state index in [0.717, 1.165) is 36.4 Å². The van der Waals surface area contributed by atoms with Crippen LogP contribution in [0.15, 0.2) is 41.5 Å². The highest BCUT2D eigenvalue weighted by molar-refractivity contribution is 7.22. The van der Waals surface area contributed by atoms with Crippen LogP contribution in [0.5, 0.6) is 0 Å². The smallest absolute Gasteiger partial charge is 0.271 e. The average molecular weight is 374 g/mol. The number of aromatic nitrogens is 2. The normalized spacial score (nSPS) is 14.4.